The second kappa shape index (κ2) is 10.9. The van der Waals surface area contributed by atoms with Crippen LogP contribution in [0, 0.1) is 5.92 Å². The van der Waals surface area contributed by atoms with E-state index in [9.17, 15) is 0 Å². The summed E-state index contributed by atoms with van der Waals surface area (Å²) in [4.78, 5) is 9.83. The van der Waals surface area contributed by atoms with Gasteiger partial charge in [-0.25, -0.2) is 0 Å². The second-order valence-electron chi connectivity index (χ2n) is 9.58. The van der Waals surface area contributed by atoms with Gasteiger partial charge in [-0.15, -0.1) is 22.7 Å². The van der Waals surface area contributed by atoms with Crippen LogP contribution in [-0.4, -0.2) is 43.5 Å². The van der Waals surface area contributed by atoms with Gasteiger partial charge in [0.25, 0.3) is 0 Å². The number of anilines is 2. The molecule has 2 aromatic rings. The minimum absolute atomic E-state index is 0.420. The maximum absolute atomic E-state index is 4.64. The lowest BCUT2D eigenvalue weighted by atomic mass is 10.0. The van der Waals surface area contributed by atoms with Crippen molar-refractivity contribution in [2.45, 2.75) is 46.0 Å². The van der Waals surface area contributed by atoms with Gasteiger partial charge >= 0.3 is 0 Å². The van der Waals surface area contributed by atoms with Gasteiger partial charge in [-0.3, -0.25) is 4.90 Å². The van der Waals surface area contributed by atoms with Crippen LogP contribution in [0.2, 0.25) is 0 Å². The first-order valence-corrected chi connectivity index (χ1v) is 13.2. The van der Waals surface area contributed by atoms with Crippen LogP contribution < -0.4 is 4.90 Å². The fourth-order valence-corrected chi connectivity index (χ4v) is 6.09. The summed E-state index contributed by atoms with van der Waals surface area (Å²) in [5.74, 6) is 1.50. The number of likely N-dealkylation sites (N-methyl/N-ethyl adjacent to an activating group) is 1. The normalized spacial score (nSPS) is 16.8. The van der Waals surface area contributed by atoms with Crippen LogP contribution in [0.15, 0.2) is 61.0 Å². The third-order valence-corrected chi connectivity index (χ3v) is 8.68. The highest BCUT2D eigenvalue weighted by molar-refractivity contribution is 7.18. The van der Waals surface area contributed by atoms with E-state index in [1.165, 1.54) is 25.5 Å². The van der Waals surface area contributed by atoms with E-state index in [0.29, 0.717) is 17.8 Å². The van der Waals surface area contributed by atoms with E-state index >= 15 is 0 Å². The summed E-state index contributed by atoms with van der Waals surface area (Å²) in [5, 5.41) is 2.55. The highest BCUT2D eigenvalue weighted by Crippen LogP contribution is 2.44. The van der Waals surface area contributed by atoms with Gasteiger partial charge in [0.2, 0.25) is 0 Å². The van der Waals surface area contributed by atoms with E-state index in [1.54, 1.807) is 0 Å². The molecule has 0 bridgehead atoms. The first kappa shape index (κ1) is 24.8. The van der Waals surface area contributed by atoms with Crippen molar-refractivity contribution in [2.24, 2.45) is 5.92 Å². The molecule has 1 fully saturated rings. The van der Waals surface area contributed by atoms with Crippen LogP contribution in [0.5, 0.6) is 0 Å². The molecule has 0 aromatic carbocycles. The van der Waals surface area contributed by atoms with Crippen LogP contribution in [-0.2, 0) is 0 Å². The first-order chi connectivity index (χ1) is 15.2. The maximum atomic E-state index is 4.64. The third-order valence-electron chi connectivity index (χ3n) is 5.94. The van der Waals surface area contributed by atoms with Crippen LogP contribution in [0.25, 0.3) is 0 Å². The monoisotopic (exact) mass is 469 g/mol. The third kappa shape index (κ3) is 5.94. The molecule has 3 heterocycles. The molecule has 1 atom stereocenters. The molecular weight excluding hydrogens is 430 g/mol. The van der Waals surface area contributed by atoms with Crippen LogP contribution >= 0.6 is 22.7 Å². The average molecular weight is 470 g/mol. The standard InChI is InChI=1S/C27H39N3S2/c1-19(2)24-11-13-26(31-24)30(27-14-12-25(32-27)20(3)4)22(6)23-15-17-29(18-23)21(5)10-9-16-28(7)8/h9-14,19-20,23H,5-6,15-18H2,1-4,7-8H3/b10-9+. The molecule has 0 amide bonds. The average Bonchev–Trinajstić information content (AvgIpc) is 3.48. The SMILES string of the molecule is C=C(/C=C/CN(C)C)N1CCC(C(=C)N(c2ccc(C(C)C)s2)c2ccc(C(C)C)s2)C1. The fraction of sp³-hybridized carbons (Fsp3) is 0.481. The predicted molar refractivity (Wildman–Crippen MR) is 145 cm³/mol. The highest BCUT2D eigenvalue weighted by Gasteiger charge is 2.30. The van der Waals surface area contributed by atoms with Gasteiger partial charge < -0.3 is 9.80 Å². The van der Waals surface area contributed by atoms with Gasteiger partial charge in [-0.2, -0.15) is 0 Å². The minimum Gasteiger partial charge on any atom is -0.371 e. The van der Waals surface area contributed by atoms with Crippen LogP contribution in [0.4, 0.5) is 10.0 Å². The summed E-state index contributed by atoms with van der Waals surface area (Å²) in [7, 11) is 4.17. The summed E-state index contributed by atoms with van der Waals surface area (Å²) >= 11 is 3.79. The maximum Gasteiger partial charge on any atom is 0.101 e. The van der Waals surface area contributed by atoms with E-state index in [4.69, 9.17) is 0 Å². The van der Waals surface area contributed by atoms with Crippen LogP contribution in [0.3, 0.4) is 0 Å². The Morgan fingerprint density at radius 3 is 2.06 bits per heavy atom. The number of rotatable bonds is 10. The summed E-state index contributed by atoms with van der Waals surface area (Å²) in [6.45, 7) is 21.0. The Morgan fingerprint density at radius 2 is 1.59 bits per heavy atom. The smallest absolute Gasteiger partial charge is 0.101 e. The fourth-order valence-electron chi connectivity index (χ4n) is 3.92. The van der Waals surface area contributed by atoms with Crippen molar-refractivity contribution in [1.82, 2.24) is 9.80 Å². The minimum atomic E-state index is 0.420. The van der Waals surface area contributed by atoms with Gasteiger partial charge in [0.05, 0.1) is 0 Å². The molecule has 1 aliphatic rings. The molecular formula is C27H39N3S2. The topological polar surface area (TPSA) is 9.72 Å². The van der Waals surface area contributed by atoms with Crippen LogP contribution in [0.1, 0.15) is 55.7 Å². The van der Waals surface area contributed by atoms with Crippen molar-refractivity contribution in [2.75, 3.05) is 38.6 Å². The Bertz CT molecular complexity index is 902. The summed E-state index contributed by atoms with van der Waals surface area (Å²) < 4.78 is 0. The predicted octanol–water partition coefficient (Wildman–Crippen LogP) is 7.66. The Morgan fingerprint density at radius 1 is 1.03 bits per heavy atom. The van der Waals surface area contributed by atoms with Gasteiger partial charge in [-0.05, 0) is 62.7 Å². The summed E-state index contributed by atoms with van der Waals surface area (Å²) in [6, 6.07) is 9.10. The molecule has 0 N–H and O–H groups in total. The molecule has 2 aromatic heterocycles. The molecule has 1 unspecified atom stereocenters. The van der Waals surface area contributed by atoms with Crippen molar-refractivity contribution in [1.29, 1.82) is 0 Å². The number of allylic oxidation sites excluding steroid dienone is 1. The van der Waals surface area contributed by atoms with Crippen molar-refractivity contribution in [3.63, 3.8) is 0 Å². The molecule has 3 nitrogen and oxygen atoms in total. The number of hydrogen-bond acceptors (Lipinski definition) is 5. The summed E-state index contributed by atoms with van der Waals surface area (Å²) in [6.07, 6.45) is 5.46. The Kier molecular flexibility index (Phi) is 8.43. The quantitative estimate of drug-likeness (QED) is 0.331. The second-order valence-corrected chi connectivity index (χ2v) is 11.8. The molecule has 5 heteroatoms. The van der Waals surface area contributed by atoms with E-state index in [2.05, 4.69) is 106 Å². The Balaban J connectivity index is 1.81. The van der Waals surface area contributed by atoms with Gasteiger partial charge in [0.1, 0.15) is 10.0 Å². The molecule has 32 heavy (non-hydrogen) atoms. The molecule has 3 rings (SSSR count). The molecule has 1 aliphatic heterocycles. The highest BCUT2D eigenvalue weighted by atomic mass is 32.1. The lowest BCUT2D eigenvalue weighted by Crippen LogP contribution is -2.24. The zero-order valence-electron chi connectivity index (χ0n) is 20.6. The molecule has 0 saturated carbocycles. The molecule has 0 radical (unpaired) electrons. The largest absolute Gasteiger partial charge is 0.371 e. The number of thiophene rings is 2. The lowest BCUT2D eigenvalue weighted by Gasteiger charge is -2.28. The van der Waals surface area contributed by atoms with Crippen molar-refractivity contribution < 1.29 is 0 Å². The Hall–Kier alpha value is -1.82. The molecule has 0 spiro atoms. The zero-order chi connectivity index (χ0) is 23.4. The van der Waals surface area contributed by atoms with E-state index in [-0.39, 0.29) is 0 Å². The number of likely N-dealkylation sites (tertiary alicyclic amines) is 1. The lowest BCUT2D eigenvalue weighted by molar-refractivity contribution is 0.425. The number of nitrogens with zero attached hydrogens (tertiary/aromatic N) is 3. The summed E-state index contributed by atoms with van der Waals surface area (Å²) in [5.41, 5.74) is 2.30. The molecule has 1 saturated heterocycles. The van der Waals surface area contributed by atoms with Crippen molar-refractivity contribution in [3.05, 3.63) is 70.7 Å². The first-order valence-electron chi connectivity index (χ1n) is 11.6. The molecule has 0 aliphatic carbocycles. The van der Waals surface area contributed by atoms with Gasteiger partial charge in [-0.1, -0.05) is 46.9 Å². The Labute approximate surface area is 203 Å². The van der Waals surface area contributed by atoms with Gasteiger partial charge in [0, 0.05) is 46.7 Å². The van der Waals surface area contributed by atoms with Crippen molar-refractivity contribution >= 4 is 32.7 Å². The molecule has 174 valence electrons. The van der Waals surface area contributed by atoms with Crippen molar-refractivity contribution in [3.8, 4) is 0 Å². The number of hydrogen-bond donors (Lipinski definition) is 0. The van der Waals surface area contributed by atoms with E-state index in [1.807, 2.05) is 22.7 Å². The van der Waals surface area contributed by atoms with Gasteiger partial charge in [0.15, 0.2) is 0 Å². The zero-order valence-corrected chi connectivity index (χ0v) is 22.2. The van der Waals surface area contributed by atoms with E-state index < -0.39 is 0 Å². The van der Waals surface area contributed by atoms with E-state index in [0.717, 1.165) is 31.8 Å².